The molecule has 3 aromatic rings. The summed E-state index contributed by atoms with van der Waals surface area (Å²) < 4.78 is 17.5. The van der Waals surface area contributed by atoms with Crippen LogP contribution in [-0.4, -0.2) is 40.9 Å². The zero-order valence-electron chi connectivity index (χ0n) is 13.8. The summed E-state index contributed by atoms with van der Waals surface area (Å²) in [5.41, 5.74) is 2.70. The maximum Gasteiger partial charge on any atom is 0.339 e. The Morgan fingerprint density at radius 1 is 1.28 bits per heavy atom. The van der Waals surface area contributed by atoms with Gasteiger partial charge in [0.2, 0.25) is 0 Å². The van der Waals surface area contributed by atoms with Crippen LogP contribution in [0.15, 0.2) is 30.7 Å². The van der Waals surface area contributed by atoms with Crippen LogP contribution in [0.2, 0.25) is 0 Å². The van der Waals surface area contributed by atoms with Crippen molar-refractivity contribution in [2.75, 3.05) is 25.6 Å². The van der Waals surface area contributed by atoms with Gasteiger partial charge in [0.25, 0.3) is 0 Å². The summed E-state index contributed by atoms with van der Waals surface area (Å²) >= 11 is 0. The number of aromatic nitrogens is 3. The van der Waals surface area contributed by atoms with E-state index >= 15 is 0 Å². The van der Waals surface area contributed by atoms with Crippen molar-refractivity contribution in [3.05, 3.63) is 41.9 Å². The second-order valence-corrected chi connectivity index (χ2v) is 5.54. The highest BCUT2D eigenvalue weighted by atomic mass is 16.6. The van der Waals surface area contributed by atoms with Crippen LogP contribution in [-0.2, 0) is 4.74 Å². The molecule has 4 rings (SSSR count). The Morgan fingerprint density at radius 2 is 2.08 bits per heavy atom. The van der Waals surface area contributed by atoms with E-state index < -0.39 is 5.97 Å². The average molecular weight is 340 g/mol. The standard InChI is InChI=1S/C17H16N4O4/c1-10-12(17(22)23-2)8-21-15(10)16(18-9-19-21)20-11-3-4-13-14(7-11)25-6-5-24-13/h3-4,7-9H,5-6H2,1-2H3,(H,18,19,20). The lowest BCUT2D eigenvalue weighted by Gasteiger charge is -2.19. The predicted octanol–water partition coefficient (Wildman–Crippen LogP) is 2.34. The third-order valence-corrected chi connectivity index (χ3v) is 4.04. The van der Waals surface area contributed by atoms with E-state index in [9.17, 15) is 4.79 Å². The summed E-state index contributed by atoms with van der Waals surface area (Å²) in [7, 11) is 1.35. The summed E-state index contributed by atoms with van der Waals surface area (Å²) in [6.45, 7) is 2.90. The number of anilines is 2. The first-order valence-electron chi connectivity index (χ1n) is 7.75. The molecule has 0 saturated carbocycles. The first-order chi connectivity index (χ1) is 12.2. The van der Waals surface area contributed by atoms with Crippen LogP contribution < -0.4 is 14.8 Å². The minimum atomic E-state index is -0.409. The molecule has 0 bridgehead atoms. The zero-order valence-corrected chi connectivity index (χ0v) is 13.8. The fourth-order valence-electron chi connectivity index (χ4n) is 2.83. The fraction of sp³-hybridized carbons (Fsp3) is 0.235. The summed E-state index contributed by atoms with van der Waals surface area (Å²) in [5.74, 6) is 1.58. The first-order valence-corrected chi connectivity index (χ1v) is 7.75. The van der Waals surface area contributed by atoms with Gasteiger partial charge in [0.1, 0.15) is 25.1 Å². The van der Waals surface area contributed by atoms with E-state index in [4.69, 9.17) is 14.2 Å². The molecule has 0 atom stereocenters. The summed E-state index contributed by atoms with van der Waals surface area (Å²) in [6, 6.07) is 5.58. The van der Waals surface area contributed by atoms with Gasteiger partial charge in [0, 0.05) is 18.0 Å². The van der Waals surface area contributed by atoms with Crippen LogP contribution in [0.1, 0.15) is 15.9 Å². The maximum atomic E-state index is 11.9. The van der Waals surface area contributed by atoms with Crippen LogP contribution in [0.25, 0.3) is 5.52 Å². The molecule has 25 heavy (non-hydrogen) atoms. The van der Waals surface area contributed by atoms with Gasteiger partial charge in [-0.1, -0.05) is 0 Å². The van der Waals surface area contributed by atoms with Crippen molar-refractivity contribution < 1.29 is 19.0 Å². The molecule has 0 unspecified atom stereocenters. The van der Waals surface area contributed by atoms with E-state index in [0.717, 1.165) is 17.0 Å². The third-order valence-electron chi connectivity index (χ3n) is 4.04. The second kappa shape index (κ2) is 5.97. The second-order valence-electron chi connectivity index (χ2n) is 5.54. The van der Waals surface area contributed by atoms with Gasteiger partial charge in [-0.15, -0.1) is 0 Å². The predicted molar refractivity (Wildman–Crippen MR) is 89.8 cm³/mol. The maximum absolute atomic E-state index is 11.9. The summed E-state index contributed by atoms with van der Waals surface area (Å²) in [5, 5.41) is 7.41. The van der Waals surface area contributed by atoms with Gasteiger partial charge in [-0.3, -0.25) is 0 Å². The van der Waals surface area contributed by atoms with Crippen molar-refractivity contribution in [3.63, 3.8) is 0 Å². The molecule has 1 aromatic carbocycles. The van der Waals surface area contributed by atoms with Crippen molar-refractivity contribution in [1.29, 1.82) is 0 Å². The van der Waals surface area contributed by atoms with E-state index in [0.29, 0.717) is 35.9 Å². The Kier molecular flexibility index (Phi) is 3.64. The summed E-state index contributed by atoms with van der Waals surface area (Å²) in [6.07, 6.45) is 3.06. The van der Waals surface area contributed by atoms with Crippen molar-refractivity contribution in [1.82, 2.24) is 14.6 Å². The van der Waals surface area contributed by atoms with Crippen LogP contribution >= 0.6 is 0 Å². The van der Waals surface area contributed by atoms with E-state index in [1.807, 2.05) is 25.1 Å². The molecule has 1 aliphatic heterocycles. The van der Waals surface area contributed by atoms with Crippen LogP contribution in [0.4, 0.5) is 11.5 Å². The quantitative estimate of drug-likeness (QED) is 0.732. The number of methoxy groups -OCH3 is 1. The van der Waals surface area contributed by atoms with Crippen LogP contribution in [0, 0.1) is 6.92 Å². The Hall–Kier alpha value is -3.29. The molecule has 1 aliphatic rings. The number of carbonyl (C=O) groups excluding carboxylic acids is 1. The molecule has 0 aliphatic carbocycles. The van der Waals surface area contributed by atoms with Crippen molar-refractivity contribution in [2.45, 2.75) is 6.92 Å². The molecule has 8 heteroatoms. The average Bonchev–Trinajstić information content (AvgIpc) is 2.99. The van der Waals surface area contributed by atoms with Gasteiger partial charge in [0.15, 0.2) is 17.3 Å². The Morgan fingerprint density at radius 3 is 2.88 bits per heavy atom. The zero-order chi connectivity index (χ0) is 17.4. The fourth-order valence-corrected chi connectivity index (χ4v) is 2.83. The van der Waals surface area contributed by atoms with Crippen molar-refractivity contribution in [3.8, 4) is 11.5 Å². The minimum Gasteiger partial charge on any atom is -0.486 e. The third kappa shape index (κ3) is 2.61. The highest BCUT2D eigenvalue weighted by molar-refractivity contribution is 5.95. The normalized spacial score (nSPS) is 12.9. The Bertz CT molecular complexity index is 967. The number of nitrogens with zero attached hydrogens (tertiary/aromatic N) is 3. The van der Waals surface area contributed by atoms with Gasteiger partial charge in [0.05, 0.1) is 12.7 Å². The lowest BCUT2D eigenvalue weighted by atomic mass is 10.2. The number of nitrogens with one attached hydrogen (secondary N) is 1. The number of hydrogen-bond donors (Lipinski definition) is 1. The van der Waals surface area contributed by atoms with Crippen LogP contribution in [0.5, 0.6) is 11.5 Å². The molecule has 0 amide bonds. The molecule has 0 saturated heterocycles. The first kappa shape index (κ1) is 15.3. The number of fused-ring (bicyclic) bond motifs is 2. The Balaban J connectivity index is 1.74. The highest BCUT2D eigenvalue weighted by Crippen LogP contribution is 2.34. The largest absolute Gasteiger partial charge is 0.486 e. The van der Waals surface area contributed by atoms with E-state index in [1.165, 1.54) is 13.4 Å². The molecule has 0 spiro atoms. The SMILES string of the molecule is COC(=O)c1cn2ncnc(Nc3ccc4c(c3)OCCO4)c2c1C. The topological polar surface area (TPSA) is 87.0 Å². The van der Waals surface area contributed by atoms with Crippen LogP contribution in [0.3, 0.4) is 0 Å². The lowest BCUT2D eigenvalue weighted by molar-refractivity contribution is 0.0600. The van der Waals surface area contributed by atoms with Gasteiger partial charge in [-0.2, -0.15) is 5.10 Å². The van der Waals surface area contributed by atoms with Gasteiger partial charge >= 0.3 is 5.97 Å². The van der Waals surface area contributed by atoms with Gasteiger partial charge in [-0.05, 0) is 24.6 Å². The number of ether oxygens (including phenoxy) is 3. The molecule has 0 radical (unpaired) electrons. The molecule has 2 aromatic heterocycles. The minimum absolute atomic E-state index is 0.409. The number of rotatable bonds is 3. The molecule has 0 fully saturated rings. The number of hydrogen-bond acceptors (Lipinski definition) is 7. The molecular formula is C17H16N4O4. The van der Waals surface area contributed by atoms with E-state index in [2.05, 4.69) is 15.4 Å². The van der Waals surface area contributed by atoms with Crippen molar-refractivity contribution >= 4 is 23.0 Å². The molecule has 1 N–H and O–H groups in total. The molecular weight excluding hydrogens is 324 g/mol. The monoisotopic (exact) mass is 340 g/mol. The van der Waals surface area contributed by atoms with E-state index in [-0.39, 0.29) is 0 Å². The van der Waals surface area contributed by atoms with Crippen molar-refractivity contribution in [2.24, 2.45) is 0 Å². The smallest absolute Gasteiger partial charge is 0.339 e. The number of esters is 1. The Labute approximate surface area is 143 Å². The molecule has 3 heterocycles. The lowest BCUT2D eigenvalue weighted by Crippen LogP contribution is -2.15. The highest BCUT2D eigenvalue weighted by Gasteiger charge is 2.19. The number of benzene rings is 1. The molecule has 128 valence electrons. The summed E-state index contributed by atoms with van der Waals surface area (Å²) in [4.78, 5) is 16.2. The van der Waals surface area contributed by atoms with Gasteiger partial charge in [-0.25, -0.2) is 14.3 Å². The molecule has 8 nitrogen and oxygen atoms in total. The van der Waals surface area contributed by atoms with Gasteiger partial charge < -0.3 is 19.5 Å². The number of carbonyl (C=O) groups is 1. The number of aryl methyl sites for hydroxylation is 1. The van der Waals surface area contributed by atoms with E-state index in [1.54, 1.807) is 10.7 Å².